The first-order valence-corrected chi connectivity index (χ1v) is 5.66. The highest BCUT2D eigenvalue weighted by Gasteiger charge is 2.07. The number of benzene rings is 1. The van der Waals surface area contributed by atoms with Crippen LogP contribution >= 0.6 is 15.9 Å². The highest BCUT2D eigenvalue weighted by Crippen LogP contribution is 2.16. The Labute approximate surface area is 78.9 Å². The van der Waals surface area contributed by atoms with Crippen LogP contribution < -0.4 is 0 Å². The Morgan fingerprint density at radius 1 is 1.42 bits per heavy atom. The van der Waals surface area contributed by atoms with Gasteiger partial charge in [0.25, 0.3) is 0 Å². The van der Waals surface area contributed by atoms with E-state index in [1.54, 1.807) is 12.1 Å². The molecule has 5 heteroatoms. The van der Waals surface area contributed by atoms with Crippen molar-refractivity contribution < 1.29 is 8.60 Å². The quantitative estimate of drug-likeness (QED) is 0.863. The molecule has 1 rings (SSSR count). The molecule has 0 aromatic heterocycles. The van der Waals surface area contributed by atoms with Crippen LogP contribution in [0.1, 0.15) is 0 Å². The summed E-state index contributed by atoms with van der Waals surface area (Å²) in [5.74, 6) is 0. The maximum atomic E-state index is 12.1. The number of hydrogen-bond donors (Lipinski definition) is 1. The molecule has 1 aromatic carbocycles. The van der Waals surface area contributed by atoms with Crippen molar-refractivity contribution in [1.29, 1.82) is 4.78 Å². The fourth-order valence-corrected chi connectivity index (χ4v) is 1.68. The van der Waals surface area contributed by atoms with Gasteiger partial charge in [-0.3, -0.25) is 0 Å². The second-order valence-electron chi connectivity index (χ2n) is 2.24. The summed E-state index contributed by atoms with van der Waals surface area (Å²) in [7, 11) is -3.20. The predicted octanol–water partition coefficient (Wildman–Crippen LogP) is 2.78. The van der Waals surface area contributed by atoms with Gasteiger partial charge in [0.2, 0.25) is 0 Å². The summed E-state index contributed by atoms with van der Waals surface area (Å²) < 4.78 is 31.2. The molecule has 1 aromatic rings. The summed E-state index contributed by atoms with van der Waals surface area (Å²) in [6.45, 7) is 0. The molecule has 0 bridgehead atoms. The predicted molar refractivity (Wildman–Crippen MR) is 49.2 cm³/mol. The first-order valence-electron chi connectivity index (χ1n) is 3.14. The molecule has 0 amide bonds. The molecule has 0 aliphatic rings. The fraction of sp³-hybridized carbons (Fsp3) is 0.143. The van der Waals surface area contributed by atoms with Gasteiger partial charge in [-0.15, -0.1) is 0 Å². The topological polar surface area (TPSA) is 40.9 Å². The van der Waals surface area contributed by atoms with Crippen LogP contribution in [0.5, 0.6) is 0 Å². The van der Waals surface area contributed by atoms with Crippen LogP contribution in [0.25, 0.3) is 0 Å². The van der Waals surface area contributed by atoms with Gasteiger partial charge in [0.15, 0.2) is 6.01 Å². The van der Waals surface area contributed by atoms with E-state index in [2.05, 4.69) is 15.9 Å². The van der Waals surface area contributed by atoms with Crippen molar-refractivity contribution in [2.75, 3.05) is 6.01 Å². The first-order chi connectivity index (χ1) is 5.56. The molecule has 0 heterocycles. The molecule has 0 fully saturated rings. The molecule has 1 atom stereocenters. The molecule has 1 unspecified atom stereocenters. The molecule has 0 saturated heterocycles. The molecular formula is C7H7BrFNOS. The van der Waals surface area contributed by atoms with Gasteiger partial charge in [-0.2, -0.15) is 0 Å². The lowest BCUT2D eigenvalue weighted by molar-refractivity contribution is 0.574. The average Bonchev–Trinajstić information content (AvgIpc) is 2.05. The Balaban J connectivity index is 3.14. The average molecular weight is 252 g/mol. The second-order valence-corrected chi connectivity index (χ2v) is 5.19. The maximum Gasteiger partial charge on any atom is 0.176 e. The second kappa shape index (κ2) is 3.53. The van der Waals surface area contributed by atoms with Gasteiger partial charge in [-0.05, 0) is 24.3 Å². The monoisotopic (exact) mass is 251 g/mol. The summed E-state index contributed by atoms with van der Waals surface area (Å²) in [6, 6.07) is 5.12. The minimum absolute atomic E-state index is 0.230. The number of nitrogens with one attached hydrogen (secondary N) is 1. The van der Waals surface area contributed by atoms with E-state index in [0.29, 0.717) is 0 Å². The zero-order valence-corrected chi connectivity index (χ0v) is 8.49. The normalized spacial score (nSPS) is 15.5. The standard InChI is InChI=1S/C7H7BrFNOS/c8-6-1-3-7(4-2-6)12(10,11)5-9/h1-4,10H,5H2. The lowest BCUT2D eigenvalue weighted by Gasteiger charge is -2.01. The molecule has 0 spiro atoms. The van der Waals surface area contributed by atoms with Crippen LogP contribution in [0.3, 0.4) is 0 Å². The van der Waals surface area contributed by atoms with Gasteiger partial charge < -0.3 is 0 Å². The lowest BCUT2D eigenvalue weighted by atomic mass is 10.4. The molecule has 0 aliphatic heterocycles. The highest BCUT2D eigenvalue weighted by molar-refractivity contribution is 9.10. The Hall–Kier alpha value is -0.420. The molecule has 1 N–H and O–H groups in total. The molecule has 0 aliphatic carbocycles. The van der Waals surface area contributed by atoms with E-state index in [1.165, 1.54) is 12.1 Å². The van der Waals surface area contributed by atoms with Crippen LogP contribution in [0, 0.1) is 4.78 Å². The zero-order chi connectivity index (χ0) is 9.19. The number of halogens is 2. The summed E-state index contributed by atoms with van der Waals surface area (Å²) in [4.78, 5) is 0.230. The third-order valence-corrected chi connectivity index (χ3v) is 3.22. The summed E-state index contributed by atoms with van der Waals surface area (Å²) in [5, 5.41) is 0. The highest BCUT2D eigenvalue weighted by atomic mass is 79.9. The summed E-state index contributed by atoms with van der Waals surface area (Å²) in [5.41, 5.74) is 0. The molecule has 0 radical (unpaired) electrons. The molecule has 12 heavy (non-hydrogen) atoms. The van der Waals surface area contributed by atoms with Crippen LogP contribution in [0.2, 0.25) is 0 Å². The molecule has 2 nitrogen and oxygen atoms in total. The lowest BCUT2D eigenvalue weighted by Crippen LogP contribution is -1.99. The van der Waals surface area contributed by atoms with Crippen molar-refractivity contribution in [2.24, 2.45) is 0 Å². The Kier molecular flexibility index (Phi) is 2.85. The Morgan fingerprint density at radius 2 is 1.92 bits per heavy atom. The van der Waals surface area contributed by atoms with Gasteiger partial charge in [-0.25, -0.2) is 13.4 Å². The molecule has 0 saturated carbocycles. The van der Waals surface area contributed by atoms with Crippen LogP contribution in [-0.4, -0.2) is 10.2 Å². The minimum Gasteiger partial charge on any atom is -0.247 e. The number of alkyl halides is 1. The Bertz CT molecular complexity index is 359. The minimum atomic E-state index is -3.20. The van der Waals surface area contributed by atoms with Gasteiger partial charge in [0, 0.05) is 9.37 Å². The van der Waals surface area contributed by atoms with Crippen LogP contribution in [0.4, 0.5) is 4.39 Å². The summed E-state index contributed by atoms with van der Waals surface area (Å²) >= 11 is 3.19. The van der Waals surface area contributed by atoms with Crippen molar-refractivity contribution >= 4 is 25.7 Å². The zero-order valence-electron chi connectivity index (χ0n) is 6.09. The van der Waals surface area contributed by atoms with Crippen molar-refractivity contribution in [3.8, 4) is 0 Å². The first kappa shape index (κ1) is 9.67. The van der Waals surface area contributed by atoms with Crippen molar-refractivity contribution in [3.05, 3.63) is 28.7 Å². The van der Waals surface area contributed by atoms with Crippen LogP contribution in [-0.2, 0) is 9.73 Å². The van der Waals surface area contributed by atoms with E-state index >= 15 is 0 Å². The van der Waals surface area contributed by atoms with Gasteiger partial charge in [0.1, 0.15) is 9.73 Å². The molecule has 66 valence electrons. The number of hydrogen-bond acceptors (Lipinski definition) is 2. The van der Waals surface area contributed by atoms with Crippen molar-refractivity contribution in [1.82, 2.24) is 0 Å². The fourth-order valence-electron chi connectivity index (χ4n) is 0.717. The maximum absolute atomic E-state index is 12.1. The largest absolute Gasteiger partial charge is 0.247 e. The van der Waals surface area contributed by atoms with E-state index in [1.807, 2.05) is 0 Å². The third-order valence-electron chi connectivity index (χ3n) is 1.35. The van der Waals surface area contributed by atoms with E-state index < -0.39 is 15.7 Å². The van der Waals surface area contributed by atoms with Gasteiger partial charge in [0.05, 0.1) is 0 Å². The van der Waals surface area contributed by atoms with E-state index in [4.69, 9.17) is 4.78 Å². The van der Waals surface area contributed by atoms with Gasteiger partial charge >= 0.3 is 0 Å². The number of rotatable bonds is 2. The SMILES string of the molecule is N=S(=O)(CF)c1ccc(Br)cc1. The van der Waals surface area contributed by atoms with Crippen molar-refractivity contribution in [2.45, 2.75) is 4.90 Å². The Morgan fingerprint density at radius 3 is 2.33 bits per heavy atom. The molecular weight excluding hydrogens is 245 g/mol. The summed E-state index contributed by atoms with van der Waals surface area (Å²) in [6.07, 6.45) is 0. The smallest absolute Gasteiger partial charge is 0.176 e. The van der Waals surface area contributed by atoms with Crippen molar-refractivity contribution in [3.63, 3.8) is 0 Å². The van der Waals surface area contributed by atoms with E-state index in [-0.39, 0.29) is 4.90 Å². The van der Waals surface area contributed by atoms with Gasteiger partial charge in [-0.1, -0.05) is 15.9 Å². The van der Waals surface area contributed by atoms with E-state index in [9.17, 15) is 8.60 Å². The van der Waals surface area contributed by atoms with E-state index in [0.717, 1.165) is 4.47 Å². The third kappa shape index (κ3) is 2.04. The van der Waals surface area contributed by atoms with Crippen LogP contribution in [0.15, 0.2) is 33.6 Å².